The molecule has 1 aromatic carbocycles. The van der Waals surface area contributed by atoms with Crippen LogP contribution in [0.15, 0.2) is 18.2 Å². The van der Waals surface area contributed by atoms with E-state index in [4.69, 9.17) is 11.6 Å². The Morgan fingerprint density at radius 2 is 2.06 bits per heavy atom. The van der Waals surface area contributed by atoms with E-state index in [0.29, 0.717) is 17.5 Å². The molecule has 3 heteroatoms. The predicted molar refractivity (Wildman–Crippen MR) is 68.7 cm³/mol. The molecule has 0 amide bonds. The second-order valence-corrected chi connectivity index (χ2v) is 4.58. The number of rotatable bonds is 5. The lowest BCUT2D eigenvalue weighted by molar-refractivity contribution is 0.584. The molecule has 0 N–H and O–H groups in total. The number of nitrogens with zero attached hydrogens (tertiary/aromatic N) is 1. The summed E-state index contributed by atoms with van der Waals surface area (Å²) in [5, 5.41) is 0. The SMILES string of the molecule is CCN(CC(C)C)c1c(F)cccc1CCl. The van der Waals surface area contributed by atoms with Crippen LogP contribution in [0.4, 0.5) is 10.1 Å². The van der Waals surface area contributed by atoms with Crippen LogP contribution in [-0.2, 0) is 5.88 Å². The quantitative estimate of drug-likeness (QED) is 0.706. The topological polar surface area (TPSA) is 3.24 Å². The number of alkyl halides is 1. The van der Waals surface area contributed by atoms with Gasteiger partial charge in [-0.15, -0.1) is 11.6 Å². The fourth-order valence-corrected chi connectivity index (χ4v) is 2.06. The molecular formula is C13H19ClFN. The second-order valence-electron chi connectivity index (χ2n) is 4.31. The highest BCUT2D eigenvalue weighted by molar-refractivity contribution is 6.17. The van der Waals surface area contributed by atoms with Crippen LogP contribution in [-0.4, -0.2) is 13.1 Å². The number of halogens is 2. The van der Waals surface area contributed by atoms with Crippen molar-refractivity contribution < 1.29 is 4.39 Å². The smallest absolute Gasteiger partial charge is 0.146 e. The molecule has 0 saturated carbocycles. The van der Waals surface area contributed by atoms with Crippen molar-refractivity contribution in [1.82, 2.24) is 0 Å². The Labute approximate surface area is 102 Å². The highest BCUT2D eigenvalue weighted by Gasteiger charge is 2.15. The van der Waals surface area contributed by atoms with Gasteiger partial charge in [0.15, 0.2) is 0 Å². The Kier molecular flexibility index (Phi) is 5.07. The first-order valence-corrected chi connectivity index (χ1v) is 6.21. The van der Waals surface area contributed by atoms with Crippen molar-refractivity contribution >= 4 is 17.3 Å². The summed E-state index contributed by atoms with van der Waals surface area (Å²) in [6.45, 7) is 7.94. The largest absolute Gasteiger partial charge is 0.369 e. The molecule has 1 aromatic rings. The first kappa shape index (κ1) is 13.3. The first-order chi connectivity index (χ1) is 7.60. The van der Waals surface area contributed by atoms with E-state index >= 15 is 0 Å². The fraction of sp³-hybridized carbons (Fsp3) is 0.538. The summed E-state index contributed by atoms with van der Waals surface area (Å²) in [6.07, 6.45) is 0. The number of hydrogen-bond acceptors (Lipinski definition) is 1. The Morgan fingerprint density at radius 1 is 1.38 bits per heavy atom. The summed E-state index contributed by atoms with van der Waals surface area (Å²) in [7, 11) is 0. The second kappa shape index (κ2) is 6.09. The molecule has 0 heterocycles. The van der Waals surface area contributed by atoms with Gasteiger partial charge in [-0.25, -0.2) is 4.39 Å². The third-order valence-electron chi connectivity index (χ3n) is 2.50. The van der Waals surface area contributed by atoms with E-state index in [1.165, 1.54) is 6.07 Å². The van der Waals surface area contributed by atoms with E-state index in [2.05, 4.69) is 18.7 Å². The van der Waals surface area contributed by atoms with E-state index in [1.54, 1.807) is 6.07 Å². The van der Waals surface area contributed by atoms with Crippen LogP contribution < -0.4 is 4.90 Å². The van der Waals surface area contributed by atoms with Crippen molar-refractivity contribution in [1.29, 1.82) is 0 Å². The minimum Gasteiger partial charge on any atom is -0.369 e. The van der Waals surface area contributed by atoms with Crippen molar-refractivity contribution in [3.8, 4) is 0 Å². The fourth-order valence-electron chi connectivity index (χ4n) is 1.84. The Bertz CT molecular complexity index is 339. The lowest BCUT2D eigenvalue weighted by Crippen LogP contribution is -2.29. The third-order valence-corrected chi connectivity index (χ3v) is 2.79. The van der Waals surface area contributed by atoms with Crippen molar-refractivity contribution in [2.24, 2.45) is 5.92 Å². The van der Waals surface area contributed by atoms with Gasteiger partial charge in [-0.3, -0.25) is 0 Å². The molecule has 0 unspecified atom stereocenters. The van der Waals surface area contributed by atoms with Gasteiger partial charge < -0.3 is 4.90 Å². The highest BCUT2D eigenvalue weighted by Crippen LogP contribution is 2.26. The first-order valence-electron chi connectivity index (χ1n) is 5.68. The zero-order valence-electron chi connectivity index (χ0n) is 10.1. The molecule has 0 fully saturated rings. The maximum absolute atomic E-state index is 13.8. The molecule has 16 heavy (non-hydrogen) atoms. The number of benzene rings is 1. The van der Waals surface area contributed by atoms with Crippen molar-refractivity contribution in [2.45, 2.75) is 26.7 Å². The van der Waals surface area contributed by atoms with Gasteiger partial charge in [0.05, 0.1) is 5.69 Å². The Balaban J connectivity index is 3.07. The average Bonchev–Trinajstić information content (AvgIpc) is 2.25. The lowest BCUT2D eigenvalue weighted by Gasteiger charge is -2.27. The molecule has 0 spiro atoms. The molecule has 0 aromatic heterocycles. The maximum Gasteiger partial charge on any atom is 0.146 e. The van der Waals surface area contributed by atoms with Gasteiger partial charge in [-0.1, -0.05) is 26.0 Å². The highest BCUT2D eigenvalue weighted by atomic mass is 35.5. The zero-order chi connectivity index (χ0) is 12.1. The van der Waals surface area contributed by atoms with Gasteiger partial charge in [0.2, 0.25) is 0 Å². The summed E-state index contributed by atoms with van der Waals surface area (Å²) in [5.41, 5.74) is 1.53. The van der Waals surface area contributed by atoms with Crippen molar-refractivity contribution in [3.05, 3.63) is 29.6 Å². The minimum absolute atomic E-state index is 0.180. The van der Waals surface area contributed by atoms with E-state index in [0.717, 1.165) is 18.7 Å². The van der Waals surface area contributed by atoms with Crippen molar-refractivity contribution in [2.75, 3.05) is 18.0 Å². The Hall–Kier alpha value is -0.760. The summed E-state index contributed by atoms with van der Waals surface area (Å²) < 4.78 is 13.8. The van der Waals surface area contributed by atoms with Gasteiger partial charge >= 0.3 is 0 Å². The van der Waals surface area contributed by atoms with E-state index in [-0.39, 0.29) is 5.82 Å². The van der Waals surface area contributed by atoms with E-state index < -0.39 is 0 Å². The molecule has 0 aliphatic heterocycles. The van der Waals surface area contributed by atoms with Gasteiger partial charge in [0, 0.05) is 19.0 Å². The van der Waals surface area contributed by atoms with E-state index in [1.807, 2.05) is 13.0 Å². The third kappa shape index (κ3) is 3.11. The molecule has 0 bridgehead atoms. The molecule has 1 nitrogen and oxygen atoms in total. The van der Waals surface area contributed by atoms with Crippen LogP contribution in [0.25, 0.3) is 0 Å². The lowest BCUT2D eigenvalue weighted by atomic mass is 10.1. The molecule has 90 valence electrons. The van der Waals surface area contributed by atoms with Crippen LogP contribution in [0.5, 0.6) is 0 Å². The van der Waals surface area contributed by atoms with Gasteiger partial charge in [-0.05, 0) is 24.5 Å². The van der Waals surface area contributed by atoms with Crippen LogP contribution in [0, 0.1) is 11.7 Å². The zero-order valence-corrected chi connectivity index (χ0v) is 10.9. The predicted octanol–water partition coefficient (Wildman–Crippen LogP) is 4.05. The van der Waals surface area contributed by atoms with Crippen LogP contribution in [0.1, 0.15) is 26.3 Å². The monoisotopic (exact) mass is 243 g/mol. The Morgan fingerprint density at radius 3 is 2.56 bits per heavy atom. The molecule has 0 saturated heterocycles. The average molecular weight is 244 g/mol. The summed E-state index contributed by atoms with van der Waals surface area (Å²) >= 11 is 5.85. The maximum atomic E-state index is 13.8. The normalized spacial score (nSPS) is 10.9. The molecule has 0 aliphatic rings. The molecule has 0 radical (unpaired) electrons. The number of hydrogen-bond donors (Lipinski definition) is 0. The number of anilines is 1. The van der Waals surface area contributed by atoms with Gasteiger partial charge in [0.1, 0.15) is 5.82 Å². The van der Waals surface area contributed by atoms with Crippen molar-refractivity contribution in [3.63, 3.8) is 0 Å². The van der Waals surface area contributed by atoms with Crippen LogP contribution in [0.2, 0.25) is 0 Å². The molecule has 0 atom stereocenters. The van der Waals surface area contributed by atoms with Crippen LogP contribution >= 0.6 is 11.6 Å². The standard InChI is InChI=1S/C13H19ClFN/c1-4-16(9-10(2)3)13-11(8-14)6-5-7-12(13)15/h5-7,10H,4,8-9H2,1-3H3. The van der Waals surface area contributed by atoms with E-state index in [9.17, 15) is 4.39 Å². The number of para-hydroxylation sites is 1. The molecule has 0 aliphatic carbocycles. The van der Waals surface area contributed by atoms with Crippen LogP contribution in [0.3, 0.4) is 0 Å². The molecular weight excluding hydrogens is 225 g/mol. The summed E-state index contributed by atoms with van der Waals surface area (Å²) in [5.74, 6) is 0.671. The van der Waals surface area contributed by atoms with Gasteiger partial charge in [-0.2, -0.15) is 0 Å². The van der Waals surface area contributed by atoms with Gasteiger partial charge in [0.25, 0.3) is 0 Å². The minimum atomic E-state index is -0.180. The summed E-state index contributed by atoms with van der Waals surface area (Å²) in [4.78, 5) is 2.05. The summed E-state index contributed by atoms with van der Waals surface area (Å²) in [6, 6.07) is 5.09. The molecule has 1 rings (SSSR count).